The van der Waals surface area contributed by atoms with Gasteiger partial charge < -0.3 is 15.3 Å². The van der Waals surface area contributed by atoms with Crippen LogP contribution in [-0.4, -0.2) is 42.0 Å². The molecule has 1 aromatic rings. The van der Waals surface area contributed by atoms with Crippen LogP contribution in [0.3, 0.4) is 0 Å². The van der Waals surface area contributed by atoms with E-state index in [9.17, 15) is 9.59 Å². The van der Waals surface area contributed by atoms with Gasteiger partial charge in [0.2, 0.25) is 0 Å². The van der Waals surface area contributed by atoms with Gasteiger partial charge in [-0.25, -0.2) is 0 Å². The maximum Gasteiger partial charge on any atom is 0.322 e. The molecule has 110 valence electrons. The van der Waals surface area contributed by atoms with Gasteiger partial charge in [0.25, 0.3) is 5.91 Å². The van der Waals surface area contributed by atoms with Crippen LogP contribution in [0.1, 0.15) is 35.7 Å². The maximum absolute atomic E-state index is 11.8. The minimum atomic E-state index is -1.05. The minimum absolute atomic E-state index is 0.356. The van der Waals surface area contributed by atoms with Gasteiger partial charge in [-0.3, -0.25) is 9.59 Å². The average Bonchev–Trinajstić information content (AvgIpc) is 2.42. The standard InChI is InChI=1S/C15H22N2O3/c1-3-4-8-17(2)11-12-6-5-7-13(9-12)15(20)16-10-14(18)19/h5-7,9H,3-4,8,10-11H2,1-2H3,(H,16,20)(H,18,19). The summed E-state index contributed by atoms with van der Waals surface area (Å²) in [5, 5.41) is 10.9. The van der Waals surface area contributed by atoms with E-state index in [1.165, 1.54) is 0 Å². The molecule has 0 atom stereocenters. The van der Waals surface area contributed by atoms with Crippen LogP contribution in [0.15, 0.2) is 24.3 Å². The second-order valence-corrected chi connectivity index (χ2v) is 4.87. The number of carboxylic acids is 1. The Morgan fingerprint density at radius 1 is 1.35 bits per heavy atom. The largest absolute Gasteiger partial charge is 0.480 e. The third-order valence-corrected chi connectivity index (χ3v) is 2.94. The SMILES string of the molecule is CCCCN(C)Cc1cccc(C(=O)NCC(=O)O)c1. The van der Waals surface area contributed by atoms with Crippen molar-refractivity contribution in [3.63, 3.8) is 0 Å². The number of amides is 1. The summed E-state index contributed by atoms with van der Waals surface area (Å²) in [4.78, 5) is 24.4. The Morgan fingerprint density at radius 2 is 2.10 bits per heavy atom. The summed E-state index contributed by atoms with van der Waals surface area (Å²) in [6.45, 7) is 3.59. The van der Waals surface area contributed by atoms with Crippen LogP contribution < -0.4 is 5.32 Å². The second kappa shape index (κ2) is 8.32. The number of carbonyl (C=O) groups excluding carboxylic acids is 1. The molecule has 0 spiro atoms. The van der Waals surface area contributed by atoms with Gasteiger partial charge in [-0.05, 0) is 37.7 Å². The Hall–Kier alpha value is -1.88. The molecule has 0 aliphatic carbocycles. The van der Waals surface area contributed by atoms with Crippen molar-refractivity contribution in [2.24, 2.45) is 0 Å². The molecule has 0 aliphatic heterocycles. The Balaban J connectivity index is 2.60. The normalized spacial score (nSPS) is 10.6. The van der Waals surface area contributed by atoms with E-state index >= 15 is 0 Å². The van der Waals surface area contributed by atoms with Crippen molar-refractivity contribution in [3.8, 4) is 0 Å². The molecule has 0 unspecified atom stereocenters. The fourth-order valence-corrected chi connectivity index (χ4v) is 1.89. The van der Waals surface area contributed by atoms with E-state index in [2.05, 4.69) is 17.1 Å². The van der Waals surface area contributed by atoms with Gasteiger partial charge in [0.15, 0.2) is 0 Å². The number of carboxylic acid groups (broad SMARTS) is 1. The van der Waals surface area contributed by atoms with Gasteiger partial charge in [-0.1, -0.05) is 25.5 Å². The molecule has 5 heteroatoms. The molecule has 0 saturated carbocycles. The number of rotatable bonds is 8. The van der Waals surface area contributed by atoms with E-state index in [0.717, 1.165) is 31.5 Å². The lowest BCUT2D eigenvalue weighted by molar-refractivity contribution is -0.135. The van der Waals surface area contributed by atoms with E-state index < -0.39 is 5.97 Å². The Bertz CT molecular complexity index is 460. The van der Waals surface area contributed by atoms with E-state index in [1.54, 1.807) is 12.1 Å². The van der Waals surface area contributed by atoms with E-state index in [1.807, 2.05) is 19.2 Å². The van der Waals surface area contributed by atoms with E-state index in [0.29, 0.717) is 5.56 Å². The maximum atomic E-state index is 11.8. The van der Waals surface area contributed by atoms with E-state index in [-0.39, 0.29) is 12.5 Å². The number of hydrogen-bond acceptors (Lipinski definition) is 3. The van der Waals surface area contributed by atoms with Crippen LogP contribution in [0.5, 0.6) is 0 Å². The van der Waals surface area contributed by atoms with E-state index in [4.69, 9.17) is 5.11 Å². The summed E-state index contributed by atoms with van der Waals surface area (Å²) in [7, 11) is 2.05. The first-order chi connectivity index (χ1) is 9.52. The smallest absolute Gasteiger partial charge is 0.322 e. The Morgan fingerprint density at radius 3 is 2.75 bits per heavy atom. The number of nitrogens with zero attached hydrogens (tertiary/aromatic N) is 1. The predicted octanol–water partition coefficient (Wildman–Crippen LogP) is 1.73. The van der Waals surface area contributed by atoms with Crippen molar-refractivity contribution >= 4 is 11.9 Å². The third kappa shape index (κ3) is 5.84. The highest BCUT2D eigenvalue weighted by Gasteiger charge is 2.08. The van der Waals surface area contributed by atoms with Crippen LogP contribution in [-0.2, 0) is 11.3 Å². The summed E-state index contributed by atoms with van der Waals surface area (Å²) in [5.41, 5.74) is 1.54. The topological polar surface area (TPSA) is 69.6 Å². The van der Waals surface area contributed by atoms with Gasteiger partial charge in [0.1, 0.15) is 6.54 Å². The molecule has 20 heavy (non-hydrogen) atoms. The monoisotopic (exact) mass is 278 g/mol. The Kier molecular flexibility index (Phi) is 6.73. The number of benzene rings is 1. The molecule has 0 aliphatic rings. The highest BCUT2D eigenvalue weighted by molar-refractivity contribution is 5.95. The lowest BCUT2D eigenvalue weighted by Crippen LogP contribution is -2.29. The molecule has 0 aromatic heterocycles. The fourth-order valence-electron chi connectivity index (χ4n) is 1.89. The quantitative estimate of drug-likeness (QED) is 0.760. The highest BCUT2D eigenvalue weighted by atomic mass is 16.4. The lowest BCUT2D eigenvalue weighted by atomic mass is 10.1. The average molecular weight is 278 g/mol. The number of carbonyl (C=O) groups is 2. The van der Waals surface area contributed by atoms with Gasteiger partial charge in [0.05, 0.1) is 0 Å². The molecular formula is C15H22N2O3. The first kappa shape index (κ1) is 16.2. The number of nitrogens with one attached hydrogen (secondary N) is 1. The zero-order chi connectivity index (χ0) is 15.0. The molecule has 2 N–H and O–H groups in total. The second-order valence-electron chi connectivity index (χ2n) is 4.87. The highest BCUT2D eigenvalue weighted by Crippen LogP contribution is 2.08. The summed E-state index contributed by atoms with van der Waals surface area (Å²) in [5.74, 6) is -1.40. The van der Waals surface area contributed by atoms with Gasteiger partial charge in [0, 0.05) is 12.1 Å². The molecule has 0 radical (unpaired) electrons. The van der Waals surface area contributed by atoms with Crippen molar-refractivity contribution < 1.29 is 14.7 Å². The fraction of sp³-hybridized carbons (Fsp3) is 0.467. The van der Waals surface area contributed by atoms with Crippen LogP contribution in [0.2, 0.25) is 0 Å². The molecule has 1 rings (SSSR count). The van der Waals surface area contributed by atoms with Gasteiger partial charge in [-0.15, -0.1) is 0 Å². The minimum Gasteiger partial charge on any atom is -0.480 e. The molecule has 0 bridgehead atoms. The number of hydrogen-bond donors (Lipinski definition) is 2. The number of unbranched alkanes of at least 4 members (excludes halogenated alkanes) is 1. The van der Waals surface area contributed by atoms with Crippen molar-refractivity contribution in [2.75, 3.05) is 20.1 Å². The van der Waals surface area contributed by atoms with Crippen LogP contribution in [0.25, 0.3) is 0 Å². The lowest BCUT2D eigenvalue weighted by Gasteiger charge is -2.16. The van der Waals surface area contributed by atoms with Crippen molar-refractivity contribution in [2.45, 2.75) is 26.3 Å². The zero-order valence-corrected chi connectivity index (χ0v) is 12.1. The predicted molar refractivity (Wildman–Crippen MR) is 77.7 cm³/mol. The molecule has 5 nitrogen and oxygen atoms in total. The molecule has 0 fully saturated rings. The zero-order valence-electron chi connectivity index (χ0n) is 12.1. The first-order valence-corrected chi connectivity index (χ1v) is 6.80. The summed E-state index contributed by atoms with van der Waals surface area (Å²) in [6.07, 6.45) is 2.30. The molecule has 0 saturated heterocycles. The van der Waals surface area contributed by atoms with Gasteiger partial charge in [-0.2, -0.15) is 0 Å². The molecule has 1 aromatic carbocycles. The van der Waals surface area contributed by atoms with Gasteiger partial charge >= 0.3 is 5.97 Å². The molecule has 0 heterocycles. The third-order valence-electron chi connectivity index (χ3n) is 2.94. The van der Waals surface area contributed by atoms with Crippen molar-refractivity contribution in [1.82, 2.24) is 10.2 Å². The van der Waals surface area contributed by atoms with Crippen molar-refractivity contribution in [1.29, 1.82) is 0 Å². The Labute approximate surface area is 119 Å². The number of aliphatic carboxylic acids is 1. The first-order valence-electron chi connectivity index (χ1n) is 6.80. The molecular weight excluding hydrogens is 256 g/mol. The van der Waals surface area contributed by atoms with Crippen molar-refractivity contribution in [3.05, 3.63) is 35.4 Å². The summed E-state index contributed by atoms with van der Waals surface area (Å²) in [6, 6.07) is 7.28. The van der Waals surface area contributed by atoms with Crippen LogP contribution >= 0.6 is 0 Å². The van der Waals surface area contributed by atoms with Crippen LogP contribution in [0, 0.1) is 0 Å². The molecule has 1 amide bonds. The summed E-state index contributed by atoms with van der Waals surface area (Å²) < 4.78 is 0. The summed E-state index contributed by atoms with van der Waals surface area (Å²) >= 11 is 0. The van der Waals surface area contributed by atoms with Crippen LogP contribution in [0.4, 0.5) is 0 Å².